The van der Waals surface area contributed by atoms with Crippen LogP contribution in [0.5, 0.6) is 0 Å². The van der Waals surface area contributed by atoms with Gasteiger partial charge in [-0.25, -0.2) is 0 Å². The van der Waals surface area contributed by atoms with Crippen molar-refractivity contribution in [1.29, 1.82) is 0 Å². The van der Waals surface area contributed by atoms with E-state index < -0.39 is 105 Å². The molecule has 0 unspecified atom stereocenters. The topological polar surface area (TPSA) is 363 Å². The first-order valence-corrected chi connectivity index (χ1v) is 16.5. The van der Waals surface area contributed by atoms with E-state index in [0.717, 1.165) is 32.1 Å². The van der Waals surface area contributed by atoms with Gasteiger partial charge in [-0.1, -0.05) is 65.9 Å². The Morgan fingerprint density at radius 1 is 0.640 bits per heavy atom. The minimum Gasteiger partial charge on any atom is -0.394 e. The number of aliphatic hydroxyl groups is 6. The molecule has 0 aromatic carbocycles. The zero-order chi connectivity index (χ0) is 36.6. The van der Waals surface area contributed by atoms with Gasteiger partial charge in [0.05, 0.1) is 55.7 Å². The van der Waals surface area contributed by atoms with Crippen molar-refractivity contribution in [3.8, 4) is 0 Å². The second kappa shape index (κ2) is 21.2. The SMILES string of the molecule is CCCCCCCCCO[C@H]1[C@H](N=[N+]=[N-])[C@@H](O)[C@@H](O[C@@H]2[C@@H](O)[C@H](O[C@H]3O[C@H](CN=[N+]=[N-])[C@@H](O)[C@H](O)[C@H]3O)[C@@H](N=[N+]=[N-])C[C@H]2N=[N+]=[N-])O[C@@H]1CO. The van der Waals surface area contributed by atoms with Crippen molar-refractivity contribution < 1.29 is 54.3 Å². The van der Waals surface area contributed by atoms with E-state index in [0.29, 0.717) is 6.42 Å². The molecular weight excluding hydrogens is 668 g/mol. The molecule has 0 spiro atoms. The fourth-order valence-electron chi connectivity index (χ4n) is 6.31. The van der Waals surface area contributed by atoms with Gasteiger partial charge in [0.1, 0.15) is 36.6 Å². The maximum atomic E-state index is 11.5. The Bertz CT molecular complexity index is 1250. The summed E-state index contributed by atoms with van der Waals surface area (Å²) in [6, 6.07) is -3.85. The Morgan fingerprint density at radius 2 is 1.20 bits per heavy atom. The highest BCUT2D eigenvalue weighted by Crippen LogP contribution is 2.36. The van der Waals surface area contributed by atoms with E-state index in [1.165, 1.54) is 6.42 Å². The van der Waals surface area contributed by atoms with Gasteiger partial charge in [-0.3, -0.25) is 0 Å². The van der Waals surface area contributed by atoms with Gasteiger partial charge >= 0.3 is 0 Å². The lowest BCUT2D eigenvalue weighted by molar-refractivity contribution is -0.333. The maximum absolute atomic E-state index is 11.5. The third kappa shape index (κ3) is 10.7. The summed E-state index contributed by atoms with van der Waals surface area (Å²) in [7, 11) is 0. The van der Waals surface area contributed by atoms with E-state index in [1.54, 1.807) is 0 Å². The quantitative estimate of drug-likeness (QED) is 0.0485. The molecule has 0 radical (unpaired) electrons. The third-order valence-corrected chi connectivity index (χ3v) is 8.95. The zero-order valence-corrected chi connectivity index (χ0v) is 27.5. The first-order chi connectivity index (χ1) is 24.2. The van der Waals surface area contributed by atoms with Crippen LogP contribution in [0.1, 0.15) is 58.3 Å². The highest BCUT2D eigenvalue weighted by atomic mass is 16.7. The van der Waals surface area contributed by atoms with E-state index >= 15 is 0 Å². The molecule has 50 heavy (non-hydrogen) atoms. The van der Waals surface area contributed by atoms with Crippen LogP contribution in [-0.4, -0.2) is 142 Å². The number of unbranched alkanes of at least 4 members (excludes halogenated alkanes) is 6. The van der Waals surface area contributed by atoms with Crippen LogP contribution in [0.25, 0.3) is 41.8 Å². The van der Waals surface area contributed by atoms with Crippen LogP contribution in [0, 0.1) is 0 Å². The fourth-order valence-corrected chi connectivity index (χ4v) is 6.31. The molecule has 0 amide bonds. The molecule has 1 saturated carbocycles. The summed E-state index contributed by atoms with van der Waals surface area (Å²) >= 11 is 0. The molecule has 3 fully saturated rings. The lowest BCUT2D eigenvalue weighted by Crippen LogP contribution is -2.65. The molecule has 3 rings (SSSR count). The first-order valence-electron chi connectivity index (χ1n) is 16.5. The molecule has 15 atom stereocenters. The molecule has 0 aromatic rings. The van der Waals surface area contributed by atoms with Gasteiger partial charge in [0.2, 0.25) is 0 Å². The van der Waals surface area contributed by atoms with Gasteiger partial charge in [-0.2, -0.15) is 0 Å². The van der Waals surface area contributed by atoms with Gasteiger partial charge in [-0.15, -0.1) is 0 Å². The van der Waals surface area contributed by atoms with Crippen molar-refractivity contribution in [2.75, 3.05) is 19.8 Å². The second-order valence-electron chi connectivity index (χ2n) is 12.3. The molecule has 0 aromatic heterocycles. The van der Waals surface area contributed by atoms with E-state index in [-0.39, 0.29) is 13.0 Å². The molecule has 280 valence electrons. The number of rotatable bonds is 19. The van der Waals surface area contributed by atoms with Crippen LogP contribution in [0.15, 0.2) is 20.5 Å². The predicted molar refractivity (Wildman–Crippen MR) is 169 cm³/mol. The van der Waals surface area contributed by atoms with Gasteiger partial charge in [0.25, 0.3) is 0 Å². The molecule has 2 saturated heterocycles. The molecule has 1 aliphatic carbocycles. The molecule has 23 nitrogen and oxygen atoms in total. The van der Waals surface area contributed by atoms with Gasteiger partial charge in [0, 0.05) is 26.3 Å². The van der Waals surface area contributed by atoms with E-state index in [4.69, 9.17) is 29.2 Å². The Morgan fingerprint density at radius 3 is 1.76 bits per heavy atom. The van der Waals surface area contributed by atoms with Crippen LogP contribution in [0.4, 0.5) is 0 Å². The summed E-state index contributed by atoms with van der Waals surface area (Å²) < 4.78 is 29.0. The molecule has 6 N–H and O–H groups in total. The third-order valence-electron chi connectivity index (χ3n) is 8.95. The van der Waals surface area contributed by atoms with Crippen molar-refractivity contribution in [1.82, 2.24) is 0 Å². The lowest BCUT2D eigenvalue weighted by Gasteiger charge is -2.48. The largest absolute Gasteiger partial charge is 0.394 e. The maximum Gasteiger partial charge on any atom is 0.186 e. The lowest BCUT2D eigenvalue weighted by atomic mass is 9.84. The van der Waals surface area contributed by atoms with E-state index in [2.05, 4.69) is 47.0 Å². The van der Waals surface area contributed by atoms with Crippen LogP contribution in [0.3, 0.4) is 0 Å². The Balaban J connectivity index is 1.80. The summed E-state index contributed by atoms with van der Waals surface area (Å²) in [4.78, 5) is 10.9. The molecule has 23 heteroatoms. The Labute approximate surface area is 286 Å². The Kier molecular flexibility index (Phi) is 17.5. The fraction of sp³-hybridized carbons (Fsp3) is 1.00. The predicted octanol–water partition coefficient (Wildman–Crippen LogP) is 1.89. The normalized spacial score (nSPS) is 38.5. The van der Waals surface area contributed by atoms with E-state index in [9.17, 15) is 47.2 Å². The average molecular weight is 715 g/mol. The number of hydrogen-bond donors (Lipinski definition) is 6. The number of azide groups is 4. The smallest absolute Gasteiger partial charge is 0.186 e. The minimum absolute atomic E-state index is 0.235. The van der Waals surface area contributed by atoms with Gasteiger partial charge in [0.15, 0.2) is 12.6 Å². The number of aliphatic hydroxyl groups excluding tert-OH is 6. The van der Waals surface area contributed by atoms with Crippen LogP contribution in [0.2, 0.25) is 0 Å². The molecule has 3 aliphatic rings. The van der Waals surface area contributed by atoms with Gasteiger partial charge in [-0.05, 0) is 35.0 Å². The molecule has 0 bridgehead atoms. The van der Waals surface area contributed by atoms with E-state index in [1.807, 2.05) is 0 Å². The number of nitrogens with zero attached hydrogens (tertiary/aromatic N) is 12. The Hall–Kier alpha value is -3.20. The van der Waals surface area contributed by atoms with Crippen molar-refractivity contribution in [3.05, 3.63) is 41.8 Å². The monoisotopic (exact) mass is 714 g/mol. The second-order valence-corrected chi connectivity index (χ2v) is 12.3. The summed E-state index contributed by atoms with van der Waals surface area (Å²) in [5.41, 5.74) is 36.5. The molecule has 2 heterocycles. The summed E-state index contributed by atoms with van der Waals surface area (Å²) in [5, 5.41) is 78.5. The average Bonchev–Trinajstić information content (AvgIpc) is 3.10. The molecular formula is C27H46N12O11. The van der Waals surface area contributed by atoms with Crippen LogP contribution >= 0.6 is 0 Å². The number of hydrogen-bond acceptors (Lipinski definition) is 15. The standard InChI is InChI=1S/C27H46N12O11/c1-2-3-4-5-6-7-8-9-46-25-16(12-40)48-26(19(42)17(25)35-39-31)49-23-13(33-37-29)10-14(34-38-30)24(22(23)45)50-27-21(44)20(43)18(41)15(47-27)11-32-36-28/h13-27,40-45H,2-12H2,1H3/t13-,14+,15-,16-,17-,18-,19-,20+,21-,22-,23+,24-,25-,26-,27-/m1/s1. The van der Waals surface area contributed by atoms with Gasteiger partial charge < -0.3 is 54.3 Å². The van der Waals surface area contributed by atoms with Crippen molar-refractivity contribution in [3.63, 3.8) is 0 Å². The summed E-state index contributed by atoms with van der Waals surface area (Å²) in [6.07, 6.45) is -12.3. The molecule has 2 aliphatic heterocycles. The highest BCUT2D eigenvalue weighted by molar-refractivity contribution is 5.04. The van der Waals surface area contributed by atoms with Crippen LogP contribution < -0.4 is 0 Å². The highest BCUT2D eigenvalue weighted by Gasteiger charge is 2.53. The summed E-state index contributed by atoms with van der Waals surface area (Å²) in [6.45, 7) is 1.28. The van der Waals surface area contributed by atoms with Crippen molar-refractivity contribution in [2.45, 2.75) is 150 Å². The van der Waals surface area contributed by atoms with Crippen molar-refractivity contribution >= 4 is 0 Å². The van der Waals surface area contributed by atoms with Crippen molar-refractivity contribution in [2.24, 2.45) is 20.5 Å². The minimum atomic E-state index is -1.89. The zero-order valence-electron chi connectivity index (χ0n) is 27.5. The first kappa shape index (κ1) is 41.2. The number of ether oxygens (including phenoxy) is 5. The summed E-state index contributed by atoms with van der Waals surface area (Å²) in [5.74, 6) is 0. The van der Waals surface area contributed by atoms with Crippen LogP contribution in [-0.2, 0) is 23.7 Å².